The number of rotatable bonds is 4. The molecule has 17 heavy (non-hydrogen) atoms. The van der Waals surface area contributed by atoms with Crippen LogP contribution < -0.4 is 17.0 Å². The van der Waals surface area contributed by atoms with Gasteiger partial charge in [0.1, 0.15) is 5.82 Å². The molecule has 0 radical (unpaired) electrons. The van der Waals surface area contributed by atoms with Crippen molar-refractivity contribution in [1.82, 2.24) is 15.3 Å². The fourth-order valence-electron chi connectivity index (χ4n) is 1.86. The van der Waals surface area contributed by atoms with Crippen molar-refractivity contribution in [3.8, 4) is 0 Å². The lowest BCUT2D eigenvalue weighted by Gasteiger charge is -2.40. The molecule has 1 atom stereocenters. The Balaban J connectivity index is 3.28. The molecule has 0 saturated heterocycles. The Morgan fingerprint density at radius 1 is 1.41 bits per heavy atom. The van der Waals surface area contributed by atoms with Gasteiger partial charge in [-0.05, 0) is 46.5 Å². The number of nitrogens with one attached hydrogen (secondary N) is 1. The molecule has 0 spiro atoms. The van der Waals surface area contributed by atoms with Gasteiger partial charge in [-0.3, -0.25) is 11.3 Å². The van der Waals surface area contributed by atoms with Crippen LogP contribution in [0.3, 0.4) is 0 Å². The second kappa shape index (κ2) is 5.00. The van der Waals surface area contributed by atoms with E-state index in [2.05, 4.69) is 29.2 Å². The van der Waals surface area contributed by atoms with E-state index in [0.717, 1.165) is 11.1 Å². The number of hydrazine groups is 1. The smallest absolute Gasteiger partial charge is 0.128 e. The maximum atomic E-state index is 5.97. The first-order valence-electron chi connectivity index (χ1n) is 5.67. The third-order valence-electron chi connectivity index (χ3n) is 3.55. The standard InChI is InChI=1S/C12H23N5/c1-8-6-7-15-11(13)9(8)10(16-14)12(2,3)17(4)5/h6-7,10,16H,14H2,1-5H3,(H2,13,15). The van der Waals surface area contributed by atoms with Crippen LogP contribution in [0.25, 0.3) is 0 Å². The summed E-state index contributed by atoms with van der Waals surface area (Å²) in [6.07, 6.45) is 1.71. The van der Waals surface area contributed by atoms with Crippen molar-refractivity contribution in [2.75, 3.05) is 19.8 Å². The summed E-state index contributed by atoms with van der Waals surface area (Å²) in [6.45, 7) is 6.25. The van der Waals surface area contributed by atoms with Crippen LogP contribution in [0, 0.1) is 6.92 Å². The highest BCUT2D eigenvalue weighted by atomic mass is 15.3. The Labute approximate surface area is 103 Å². The van der Waals surface area contributed by atoms with E-state index in [1.54, 1.807) is 6.20 Å². The minimum atomic E-state index is -0.170. The van der Waals surface area contributed by atoms with Crippen molar-refractivity contribution in [2.24, 2.45) is 5.84 Å². The van der Waals surface area contributed by atoms with Crippen LogP contribution in [0.5, 0.6) is 0 Å². The molecule has 1 heterocycles. The molecular weight excluding hydrogens is 214 g/mol. The molecule has 96 valence electrons. The van der Waals surface area contributed by atoms with E-state index in [4.69, 9.17) is 11.6 Å². The van der Waals surface area contributed by atoms with Crippen molar-refractivity contribution >= 4 is 5.82 Å². The first kappa shape index (κ1) is 13.9. The summed E-state index contributed by atoms with van der Waals surface area (Å²) < 4.78 is 0. The maximum absolute atomic E-state index is 5.97. The maximum Gasteiger partial charge on any atom is 0.128 e. The number of likely N-dealkylation sites (N-methyl/N-ethyl adjacent to an activating group) is 1. The Hall–Kier alpha value is -1.17. The summed E-state index contributed by atoms with van der Waals surface area (Å²) in [5, 5.41) is 0. The van der Waals surface area contributed by atoms with Crippen molar-refractivity contribution in [1.29, 1.82) is 0 Å². The van der Waals surface area contributed by atoms with Crippen LogP contribution in [-0.2, 0) is 0 Å². The fraction of sp³-hybridized carbons (Fsp3) is 0.583. The minimum Gasteiger partial charge on any atom is -0.383 e. The Kier molecular flexibility index (Phi) is 4.08. The molecule has 0 saturated carbocycles. The number of nitrogens with zero attached hydrogens (tertiary/aromatic N) is 2. The first-order chi connectivity index (χ1) is 7.82. The van der Waals surface area contributed by atoms with Crippen molar-refractivity contribution in [2.45, 2.75) is 32.4 Å². The van der Waals surface area contributed by atoms with E-state index in [1.807, 2.05) is 27.1 Å². The highest BCUT2D eigenvalue weighted by molar-refractivity contribution is 5.47. The monoisotopic (exact) mass is 237 g/mol. The van der Waals surface area contributed by atoms with Crippen LogP contribution in [0.15, 0.2) is 12.3 Å². The summed E-state index contributed by atoms with van der Waals surface area (Å²) in [5.41, 5.74) is 10.7. The van der Waals surface area contributed by atoms with Crippen molar-refractivity contribution < 1.29 is 0 Å². The van der Waals surface area contributed by atoms with Gasteiger partial charge in [0.2, 0.25) is 0 Å². The summed E-state index contributed by atoms with van der Waals surface area (Å²) >= 11 is 0. The van der Waals surface area contributed by atoms with Gasteiger partial charge in [0.15, 0.2) is 0 Å². The zero-order chi connectivity index (χ0) is 13.2. The minimum absolute atomic E-state index is 0.0776. The number of nitrogen functional groups attached to an aromatic ring is 1. The quantitative estimate of drug-likeness (QED) is 0.533. The second-order valence-corrected chi connectivity index (χ2v) is 5.07. The first-order valence-corrected chi connectivity index (χ1v) is 5.67. The molecule has 0 bridgehead atoms. The molecule has 1 rings (SSSR count). The molecular formula is C12H23N5. The summed E-state index contributed by atoms with van der Waals surface area (Å²) in [6, 6.07) is 1.87. The van der Waals surface area contributed by atoms with E-state index in [1.165, 1.54) is 0 Å². The van der Waals surface area contributed by atoms with Crippen LogP contribution in [0.2, 0.25) is 0 Å². The third kappa shape index (κ3) is 2.57. The SMILES string of the molecule is Cc1ccnc(N)c1C(NN)C(C)(C)N(C)C. The molecule has 1 aromatic heterocycles. The Morgan fingerprint density at radius 3 is 2.41 bits per heavy atom. The molecule has 1 aromatic rings. The number of hydrogen-bond donors (Lipinski definition) is 3. The molecule has 0 aromatic carbocycles. The summed E-state index contributed by atoms with van der Waals surface area (Å²) in [5.74, 6) is 6.24. The van der Waals surface area contributed by atoms with Crippen molar-refractivity contribution in [3.05, 3.63) is 23.4 Å². The summed E-state index contributed by atoms with van der Waals surface area (Å²) in [4.78, 5) is 6.26. The van der Waals surface area contributed by atoms with Gasteiger partial charge in [0.05, 0.1) is 6.04 Å². The lowest BCUT2D eigenvalue weighted by molar-refractivity contribution is 0.138. The largest absolute Gasteiger partial charge is 0.383 e. The zero-order valence-electron chi connectivity index (χ0n) is 11.3. The Bertz CT molecular complexity index is 366. The summed E-state index contributed by atoms with van der Waals surface area (Å²) in [7, 11) is 4.04. The fourth-order valence-corrected chi connectivity index (χ4v) is 1.86. The van der Waals surface area contributed by atoms with E-state index in [-0.39, 0.29) is 11.6 Å². The van der Waals surface area contributed by atoms with Gasteiger partial charge in [-0.1, -0.05) is 0 Å². The van der Waals surface area contributed by atoms with Crippen LogP contribution >= 0.6 is 0 Å². The van der Waals surface area contributed by atoms with E-state index >= 15 is 0 Å². The molecule has 1 unspecified atom stereocenters. The average molecular weight is 237 g/mol. The lowest BCUT2D eigenvalue weighted by atomic mass is 9.86. The van der Waals surface area contributed by atoms with E-state index in [9.17, 15) is 0 Å². The van der Waals surface area contributed by atoms with Gasteiger partial charge in [-0.25, -0.2) is 4.98 Å². The molecule has 0 aliphatic carbocycles. The highest BCUT2D eigenvalue weighted by Gasteiger charge is 2.34. The number of aromatic nitrogens is 1. The topological polar surface area (TPSA) is 80.2 Å². The van der Waals surface area contributed by atoms with Gasteiger partial charge < -0.3 is 10.6 Å². The van der Waals surface area contributed by atoms with Gasteiger partial charge in [-0.2, -0.15) is 0 Å². The zero-order valence-corrected chi connectivity index (χ0v) is 11.3. The predicted octanol–water partition coefficient (Wildman–Crippen LogP) is 0.817. The molecule has 5 heteroatoms. The number of hydrogen-bond acceptors (Lipinski definition) is 5. The molecule has 0 aliphatic heterocycles. The number of pyridine rings is 1. The van der Waals surface area contributed by atoms with Crippen molar-refractivity contribution in [3.63, 3.8) is 0 Å². The van der Waals surface area contributed by atoms with Gasteiger partial charge in [0, 0.05) is 17.3 Å². The highest BCUT2D eigenvalue weighted by Crippen LogP contribution is 2.33. The molecule has 0 fully saturated rings. The normalized spacial score (nSPS) is 14.1. The molecule has 5 N–H and O–H groups in total. The second-order valence-electron chi connectivity index (χ2n) is 5.07. The van der Waals surface area contributed by atoms with E-state index < -0.39 is 0 Å². The molecule has 0 amide bonds. The van der Waals surface area contributed by atoms with Crippen LogP contribution in [-0.4, -0.2) is 29.5 Å². The number of aryl methyl sites for hydroxylation is 1. The van der Waals surface area contributed by atoms with E-state index in [0.29, 0.717) is 5.82 Å². The van der Waals surface area contributed by atoms with Crippen LogP contribution in [0.1, 0.15) is 31.0 Å². The Morgan fingerprint density at radius 2 is 2.00 bits per heavy atom. The lowest BCUT2D eigenvalue weighted by Crippen LogP contribution is -2.51. The number of anilines is 1. The van der Waals surface area contributed by atoms with Gasteiger partial charge in [0.25, 0.3) is 0 Å². The molecule has 5 nitrogen and oxygen atoms in total. The number of nitrogens with two attached hydrogens (primary N) is 2. The molecule has 0 aliphatic rings. The average Bonchev–Trinajstić information content (AvgIpc) is 2.23. The van der Waals surface area contributed by atoms with Gasteiger partial charge in [-0.15, -0.1) is 0 Å². The third-order valence-corrected chi connectivity index (χ3v) is 3.55. The van der Waals surface area contributed by atoms with Gasteiger partial charge >= 0.3 is 0 Å². The van der Waals surface area contributed by atoms with Crippen LogP contribution in [0.4, 0.5) is 5.82 Å². The predicted molar refractivity (Wildman–Crippen MR) is 71.2 cm³/mol.